The number of rotatable bonds is 9. The summed E-state index contributed by atoms with van der Waals surface area (Å²) in [5, 5.41) is 18.9. The zero-order chi connectivity index (χ0) is 19.6. The SMILES string of the molecule is CC(C)(C)OC(=O)NCCNC(=O)CCCNc1ccc([N+](=O)[O-])cc1. The molecule has 1 rings (SSSR count). The highest BCUT2D eigenvalue weighted by Gasteiger charge is 2.15. The van der Waals surface area contributed by atoms with Crippen molar-refractivity contribution in [1.29, 1.82) is 0 Å². The van der Waals surface area contributed by atoms with Crippen LogP contribution in [0.3, 0.4) is 0 Å². The number of nitro groups is 1. The van der Waals surface area contributed by atoms with Crippen molar-refractivity contribution in [3.8, 4) is 0 Å². The second-order valence-corrected chi connectivity index (χ2v) is 6.61. The van der Waals surface area contributed by atoms with Gasteiger partial charge in [-0.1, -0.05) is 0 Å². The van der Waals surface area contributed by atoms with Gasteiger partial charge in [-0.3, -0.25) is 14.9 Å². The molecule has 0 aliphatic heterocycles. The third-order valence-corrected chi connectivity index (χ3v) is 3.10. The van der Waals surface area contributed by atoms with Gasteiger partial charge in [0.05, 0.1) is 4.92 Å². The molecule has 9 heteroatoms. The summed E-state index contributed by atoms with van der Waals surface area (Å²) in [5.41, 5.74) is 0.247. The maximum Gasteiger partial charge on any atom is 0.407 e. The van der Waals surface area contributed by atoms with Crippen LogP contribution in [0, 0.1) is 10.1 Å². The minimum atomic E-state index is -0.552. The van der Waals surface area contributed by atoms with E-state index >= 15 is 0 Å². The second kappa shape index (κ2) is 10.2. The standard InChI is InChI=1S/C17H26N4O5/c1-17(2,3)26-16(23)20-12-11-19-15(22)5-4-10-18-13-6-8-14(9-7-13)21(24)25/h6-9,18H,4-5,10-12H2,1-3H3,(H,19,22)(H,20,23). The molecule has 0 heterocycles. The lowest BCUT2D eigenvalue weighted by Gasteiger charge is -2.19. The molecular formula is C17H26N4O5. The molecule has 26 heavy (non-hydrogen) atoms. The van der Waals surface area contributed by atoms with Crippen LogP contribution >= 0.6 is 0 Å². The van der Waals surface area contributed by atoms with Crippen LogP contribution < -0.4 is 16.0 Å². The van der Waals surface area contributed by atoms with E-state index in [2.05, 4.69) is 16.0 Å². The number of carbonyl (C=O) groups excluding carboxylic acids is 2. The van der Waals surface area contributed by atoms with E-state index in [1.165, 1.54) is 12.1 Å². The number of nitro benzene ring substituents is 1. The van der Waals surface area contributed by atoms with Crippen molar-refractivity contribution in [1.82, 2.24) is 10.6 Å². The van der Waals surface area contributed by atoms with Gasteiger partial charge < -0.3 is 20.7 Å². The maximum absolute atomic E-state index is 11.7. The molecule has 1 aromatic rings. The van der Waals surface area contributed by atoms with Crippen molar-refractivity contribution in [2.24, 2.45) is 0 Å². The van der Waals surface area contributed by atoms with Gasteiger partial charge in [-0.2, -0.15) is 0 Å². The first-order valence-electron chi connectivity index (χ1n) is 8.39. The van der Waals surface area contributed by atoms with E-state index in [9.17, 15) is 19.7 Å². The van der Waals surface area contributed by atoms with Gasteiger partial charge in [0.1, 0.15) is 5.60 Å². The number of nitrogens with zero attached hydrogens (tertiary/aromatic N) is 1. The number of hydrogen-bond donors (Lipinski definition) is 3. The average molecular weight is 366 g/mol. The summed E-state index contributed by atoms with van der Waals surface area (Å²) in [6.07, 6.45) is 0.438. The number of ether oxygens (including phenoxy) is 1. The number of alkyl carbamates (subject to hydrolysis) is 1. The summed E-state index contributed by atoms with van der Waals surface area (Å²) < 4.78 is 5.08. The van der Waals surface area contributed by atoms with Gasteiger partial charge >= 0.3 is 6.09 Å². The number of non-ortho nitro benzene ring substituents is 1. The first kappa shape index (κ1) is 21.2. The predicted molar refractivity (Wildman–Crippen MR) is 98.1 cm³/mol. The third-order valence-electron chi connectivity index (χ3n) is 3.10. The van der Waals surface area contributed by atoms with E-state index in [0.29, 0.717) is 32.5 Å². The zero-order valence-corrected chi connectivity index (χ0v) is 15.3. The first-order chi connectivity index (χ1) is 12.2. The van der Waals surface area contributed by atoms with Crippen LogP contribution in [0.15, 0.2) is 24.3 Å². The Morgan fingerprint density at radius 1 is 1.08 bits per heavy atom. The van der Waals surface area contributed by atoms with Gasteiger partial charge in [0.2, 0.25) is 5.91 Å². The van der Waals surface area contributed by atoms with Gasteiger partial charge in [-0.15, -0.1) is 0 Å². The van der Waals surface area contributed by atoms with Crippen molar-refractivity contribution < 1.29 is 19.2 Å². The van der Waals surface area contributed by atoms with E-state index < -0.39 is 16.6 Å². The molecule has 0 saturated heterocycles. The van der Waals surface area contributed by atoms with Gasteiger partial charge in [0.15, 0.2) is 0 Å². The van der Waals surface area contributed by atoms with Crippen molar-refractivity contribution >= 4 is 23.4 Å². The third kappa shape index (κ3) is 9.45. The van der Waals surface area contributed by atoms with Crippen LogP contribution in [-0.4, -0.2) is 42.2 Å². The van der Waals surface area contributed by atoms with Gasteiger partial charge in [-0.05, 0) is 39.3 Å². The Bertz CT molecular complexity index is 611. The maximum atomic E-state index is 11.7. The highest BCUT2D eigenvalue weighted by Crippen LogP contribution is 2.15. The molecular weight excluding hydrogens is 340 g/mol. The summed E-state index contributed by atoms with van der Waals surface area (Å²) >= 11 is 0. The van der Waals surface area contributed by atoms with Gasteiger partial charge in [0, 0.05) is 43.9 Å². The molecule has 0 aliphatic rings. The molecule has 0 radical (unpaired) electrons. The van der Waals surface area contributed by atoms with E-state index in [1.54, 1.807) is 32.9 Å². The Morgan fingerprint density at radius 2 is 1.69 bits per heavy atom. The molecule has 3 N–H and O–H groups in total. The van der Waals surface area contributed by atoms with Crippen LogP contribution in [0.1, 0.15) is 33.6 Å². The largest absolute Gasteiger partial charge is 0.444 e. The summed E-state index contributed by atoms with van der Waals surface area (Å²) in [7, 11) is 0. The Labute approximate surface area is 152 Å². The summed E-state index contributed by atoms with van der Waals surface area (Å²) in [6, 6.07) is 6.10. The van der Waals surface area contributed by atoms with Crippen molar-refractivity contribution in [2.45, 2.75) is 39.2 Å². The molecule has 144 valence electrons. The predicted octanol–water partition coefficient (Wildman–Crippen LogP) is 2.43. The number of amides is 2. The molecule has 0 aromatic heterocycles. The zero-order valence-electron chi connectivity index (χ0n) is 15.3. The molecule has 0 atom stereocenters. The number of anilines is 1. The molecule has 0 spiro atoms. The summed E-state index contributed by atoms with van der Waals surface area (Å²) in [5.74, 6) is -0.110. The number of nitrogens with one attached hydrogen (secondary N) is 3. The average Bonchev–Trinajstić information content (AvgIpc) is 2.54. The molecule has 1 aromatic carbocycles. The van der Waals surface area contributed by atoms with Crippen molar-refractivity contribution in [3.63, 3.8) is 0 Å². The Morgan fingerprint density at radius 3 is 2.27 bits per heavy atom. The van der Waals surface area contributed by atoms with Crippen LogP contribution in [0.2, 0.25) is 0 Å². The minimum Gasteiger partial charge on any atom is -0.444 e. The van der Waals surface area contributed by atoms with E-state index in [0.717, 1.165) is 5.69 Å². The molecule has 0 fully saturated rings. The molecule has 0 saturated carbocycles. The fourth-order valence-electron chi connectivity index (χ4n) is 1.95. The summed E-state index contributed by atoms with van der Waals surface area (Å²) in [4.78, 5) is 33.2. The number of benzene rings is 1. The van der Waals surface area contributed by atoms with Gasteiger partial charge in [-0.25, -0.2) is 4.79 Å². The van der Waals surface area contributed by atoms with Crippen LogP contribution in [0.5, 0.6) is 0 Å². The van der Waals surface area contributed by atoms with E-state index in [-0.39, 0.29) is 11.6 Å². The molecule has 0 unspecified atom stereocenters. The van der Waals surface area contributed by atoms with Crippen LogP contribution in [0.25, 0.3) is 0 Å². The normalized spacial score (nSPS) is 10.7. The minimum absolute atomic E-state index is 0.0370. The molecule has 0 bridgehead atoms. The lowest BCUT2D eigenvalue weighted by Crippen LogP contribution is -2.37. The quantitative estimate of drug-likeness (QED) is 0.350. The molecule has 0 aliphatic carbocycles. The topological polar surface area (TPSA) is 123 Å². The Balaban J connectivity index is 2.10. The van der Waals surface area contributed by atoms with Crippen molar-refractivity contribution in [3.05, 3.63) is 34.4 Å². The molecule has 9 nitrogen and oxygen atoms in total. The lowest BCUT2D eigenvalue weighted by atomic mass is 10.2. The van der Waals surface area contributed by atoms with E-state index in [4.69, 9.17) is 4.74 Å². The summed E-state index contributed by atoms with van der Waals surface area (Å²) in [6.45, 7) is 6.52. The molecule has 2 amide bonds. The monoisotopic (exact) mass is 366 g/mol. The smallest absolute Gasteiger partial charge is 0.407 e. The first-order valence-corrected chi connectivity index (χ1v) is 8.39. The highest BCUT2D eigenvalue weighted by atomic mass is 16.6. The van der Waals surface area contributed by atoms with Crippen LogP contribution in [-0.2, 0) is 9.53 Å². The van der Waals surface area contributed by atoms with E-state index in [1.807, 2.05) is 0 Å². The fourth-order valence-corrected chi connectivity index (χ4v) is 1.95. The van der Waals surface area contributed by atoms with Crippen molar-refractivity contribution in [2.75, 3.05) is 25.0 Å². The van der Waals surface area contributed by atoms with Crippen LogP contribution in [0.4, 0.5) is 16.2 Å². The number of hydrogen-bond acceptors (Lipinski definition) is 6. The Kier molecular flexibility index (Phi) is 8.33. The lowest BCUT2D eigenvalue weighted by molar-refractivity contribution is -0.384. The number of carbonyl (C=O) groups is 2. The van der Waals surface area contributed by atoms with Gasteiger partial charge in [0.25, 0.3) is 5.69 Å². The second-order valence-electron chi connectivity index (χ2n) is 6.61. The fraction of sp³-hybridized carbons (Fsp3) is 0.529. The Hall–Kier alpha value is -2.84. The highest BCUT2D eigenvalue weighted by molar-refractivity contribution is 5.76.